The summed E-state index contributed by atoms with van der Waals surface area (Å²) in [6.07, 6.45) is 1.48. The molecule has 1 amide bonds. The number of rotatable bonds is 7. The van der Waals surface area contributed by atoms with Gasteiger partial charge in [0.25, 0.3) is 5.56 Å². The number of carbonyl (C=O) groups is 2. The number of esters is 1. The number of nitrogens with zero attached hydrogens (tertiary/aromatic N) is 3. The molecule has 0 aliphatic rings. The van der Waals surface area contributed by atoms with Crippen LogP contribution in [0.2, 0.25) is 0 Å². The first-order valence-electron chi connectivity index (χ1n) is 10.2. The summed E-state index contributed by atoms with van der Waals surface area (Å²) in [6.45, 7) is 3.98. The third kappa shape index (κ3) is 4.96. The Morgan fingerprint density at radius 2 is 1.91 bits per heavy atom. The van der Waals surface area contributed by atoms with Gasteiger partial charge in [-0.3, -0.25) is 9.59 Å². The van der Waals surface area contributed by atoms with Gasteiger partial charge in [-0.25, -0.2) is 14.5 Å². The molecule has 0 radical (unpaired) electrons. The van der Waals surface area contributed by atoms with Gasteiger partial charge in [-0.15, -0.1) is 0 Å². The molecule has 168 valence electrons. The Morgan fingerprint density at radius 3 is 2.64 bits per heavy atom. The molecule has 0 saturated heterocycles. The number of nitrogens with one attached hydrogen (secondary N) is 2. The van der Waals surface area contributed by atoms with E-state index in [2.05, 4.69) is 20.4 Å². The van der Waals surface area contributed by atoms with Gasteiger partial charge in [-0.2, -0.15) is 5.10 Å². The van der Waals surface area contributed by atoms with Crippen LogP contribution in [0.5, 0.6) is 0 Å². The van der Waals surface area contributed by atoms with Crippen LogP contribution in [0.15, 0.2) is 64.7 Å². The third-order valence-corrected chi connectivity index (χ3v) is 5.65. The molecule has 4 rings (SSSR count). The Morgan fingerprint density at radius 1 is 1.15 bits per heavy atom. The van der Waals surface area contributed by atoms with Crippen LogP contribution in [-0.2, 0) is 9.53 Å². The number of hydrogen-bond acceptors (Lipinski definition) is 7. The molecule has 0 saturated carbocycles. The van der Waals surface area contributed by atoms with Gasteiger partial charge >= 0.3 is 5.97 Å². The third-order valence-electron chi connectivity index (χ3n) is 4.78. The summed E-state index contributed by atoms with van der Waals surface area (Å²) in [6, 6.07) is 14.1. The SMILES string of the molecule is CCOC(=O)c1ccc(NC(=O)CSc2nc3c(cnn3-c3ccccc3C)c(=O)[nH]2)cc1. The summed E-state index contributed by atoms with van der Waals surface area (Å²) < 4.78 is 6.56. The van der Waals surface area contributed by atoms with Gasteiger partial charge in [0.15, 0.2) is 10.8 Å². The highest BCUT2D eigenvalue weighted by atomic mass is 32.2. The zero-order chi connectivity index (χ0) is 23.4. The van der Waals surface area contributed by atoms with E-state index in [4.69, 9.17) is 4.74 Å². The number of aromatic nitrogens is 4. The highest BCUT2D eigenvalue weighted by Crippen LogP contribution is 2.20. The zero-order valence-electron chi connectivity index (χ0n) is 18.0. The van der Waals surface area contributed by atoms with Gasteiger partial charge in [0.1, 0.15) is 5.39 Å². The van der Waals surface area contributed by atoms with Crippen LogP contribution >= 0.6 is 11.8 Å². The number of benzene rings is 2. The molecule has 0 bridgehead atoms. The summed E-state index contributed by atoms with van der Waals surface area (Å²) in [4.78, 5) is 43.8. The Kier molecular flexibility index (Phi) is 6.55. The smallest absolute Gasteiger partial charge is 0.338 e. The molecule has 2 aromatic carbocycles. The van der Waals surface area contributed by atoms with Crippen molar-refractivity contribution in [2.75, 3.05) is 17.7 Å². The zero-order valence-corrected chi connectivity index (χ0v) is 18.8. The normalized spacial score (nSPS) is 10.8. The van der Waals surface area contributed by atoms with Crippen molar-refractivity contribution in [1.82, 2.24) is 19.7 Å². The van der Waals surface area contributed by atoms with Crippen LogP contribution in [0.25, 0.3) is 16.7 Å². The van der Waals surface area contributed by atoms with E-state index in [0.717, 1.165) is 23.0 Å². The fraction of sp³-hybridized carbons (Fsp3) is 0.174. The van der Waals surface area contributed by atoms with E-state index in [9.17, 15) is 14.4 Å². The fourth-order valence-electron chi connectivity index (χ4n) is 3.18. The monoisotopic (exact) mass is 463 g/mol. The number of ether oxygens (including phenoxy) is 1. The number of thioether (sulfide) groups is 1. The molecular weight excluding hydrogens is 442 g/mol. The lowest BCUT2D eigenvalue weighted by molar-refractivity contribution is -0.113. The number of amides is 1. The molecule has 9 nitrogen and oxygen atoms in total. The van der Waals surface area contributed by atoms with Gasteiger partial charge < -0.3 is 15.0 Å². The van der Waals surface area contributed by atoms with Crippen molar-refractivity contribution in [1.29, 1.82) is 0 Å². The molecule has 10 heteroatoms. The maximum Gasteiger partial charge on any atom is 0.338 e. The molecule has 0 atom stereocenters. The molecule has 33 heavy (non-hydrogen) atoms. The quantitative estimate of drug-likeness (QED) is 0.245. The lowest BCUT2D eigenvalue weighted by atomic mass is 10.2. The summed E-state index contributed by atoms with van der Waals surface area (Å²) >= 11 is 1.11. The predicted molar refractivity (Wildman–Crippen MR) is 126 cm³/mol. The molecular formula is C23H21N5O4S. The number of aromatic amines is 1. The van der Waals surface area contributed by atoms with Crippen LogP contribution in [0, 0.1) is 6.92 Å². The number of carbonyl (C=O) groups excluding carboxylic acids is 2. The maximum absolute atomic E-state index is 12.5. The average Bonchev–Trinajstić information content (AvgIpc) is 3.23. The number of H-pyrrole nitrogens is 1. The van der Waals surface area contributed by atoms with Gasteiger partial charge in [-0.1, -0.05) is 30.0 Å². The summed E-state index contributed by atoms with van der Waals surface area (Å²) in [5, 5.41) is 7.76. The van der Waals surface area contributed by atoms with Crippen molar-refractivity contribution in [3.05, 3.63) is 76.2 Å². The fourth-order valence-corrected chi connectivity index (χ4v) is 3.83. The topological polar surface area (TPSA) is 119 Å². The molecule has 0 aliphatic carbocycles. The first kappa shape index (κ1) is 22.3. The van der Waals surface area contributed by atoms with E-state index >= 15 is 0 Å². The Bertz CT molecular complexity index is 1380. The van der Waals surface area contributed by atoms with E-state index in [1.165, 1.54) is 6.20 Å². The summed E-state index contributed by atoms with van der Waals surface area (Å²) in [5.41, 5.74) is 2.87. The average molecular weight is 464 g/mol. The summed E-state index contributed by atoms with van der Waals surface area (Å²) in [7, 11) is 0. The highest BCUT2D eigenvalue weighted by Gasteiger charge is 2.14. The highest BCUT2D eigenvalue weighted by molar-refractivity contribution is 7.99. The number of hydrogen-bond donors (Lipinski definition) is 2. The number of fused-ring (bicyclic) bond motifs is 1. The van der Waals surface area contributed by atoms with E-state index in [0.29, 0.717) is 34.0 Å². The maximum atomic E-state index is 12.5. The molecule has 0 aliphatic heterocycles. The van der Waals surface area contributed by atoms with Gasteiger partial charge in [0.05, 0.1) is 29.8 Å². The minimum Gasteiger partial charge on any atom is -0.462 e. The van der Waals surface area contributed by atoms with E-state index in [1.807, 2.05) is 31.2 Å². The van der Waals surface area contributed by atoms with Gasteiger partial charge in [-0.05, 0) is 49.7 Å². The molecule has 4 aromatic rings. The molecule has 2 aromatic heterocycles. The van der Waals surface area contributed by atoms with Crippen LogP contribution in [0.4, 0.5) is 5.69 Å². The van der Waals surface area contributed by atoms with Crippen LogP contribution in [-0.4, -0.2) is 44.0 Å². The van der Waals surface area contributed by atoms with Crippen molar-refractivity contribution in [3.63, 3.8) is 0 Å². The largest absolute Gasteiger partial charge is 0.462 e. The van der Waals surface area contributed by atoms with Gasteiger partial charge in [0.2, 0.25) is 5.91 Å². The Labute approximate surface area is 193 Å². The second-order valence-corrected chi connectivity index (χ2v) is 8.05. The van der Waals surface area contributed by atoms with E-state index < -0.39 is 5.97 Å². The second-order valence-electron chi connectivity index (χ2n) is 7.09. The predicted octanol–water partition coefficient (Wildman–Crippen LogP) is 3.32. The molecule has 0 unspecified atom stereocenters. The van der Waals surface area contributed by atoms with Crippen molar-refractivity contribution in [2.45, 2.75) is 19.0 Å². The lowest BCUT2D eigenvalue weighted by Crippen LogP contribution is -2.16. The van der Waals surface area contributed by atoms with E-state index in [1.54, 1.807) is 35.9 Å². The van der Waals surface area contributed by atoms with Crippen LogP contribution in [0.3, 0.4) is 0 Å². The number of aryl methyl sites for hydroxylation is 1. The number of anilines is 1. The minimum absolute atomic E-state index is 0.0343. The van der Waals surface area contributed by atoms with Crippen molar-refractivity contribution in [3.8, 4) is 5.69 Å². The Hall–Kier alpha value is -3.92. The van der Waals surface area contributed by atoms with E-state index in [-0.39, 0.29) is 17.2 Å². The standard InChI is InChI=1S/C23H21N5O4S/c1-3-32-22(31)15-8-10-16(11-9-15)25-19(29)13-33-23-26-20-17(21(30)27-23)12-24-28(20)18-7-5-4-6-14(18)2/h4-12H,3,13H2,1-2H3,(H,25,29)(H,26,27,30). The minimum atomic E-state index is -0.415. The van der Waals surface area contributed by atoms with Crippen LogP contribution < -0.4 is 10.9 Å². The molecule has 2 heterocycles. The first-order chi connectivity index (χ1) is 16.0. The second kappa shape index (κ2) is 9.70. The number of para-hydroxylation sites is 1. The van der Waals surface area contributed by atoms with Crippen LogP contribution in [0.1, 0.15) is 22.8 Å². The Balaban J connectivity index is 1.46. The molecule has 0 fully saturated rings. The summed E-state index contributed by atoms with van der Waals surface area (Å²) in [5.74, 6) is -0.660. The van der Waals surface area contributed by atoms with Crippen molar-refractivity contribution >= 4 is 40.4 Å². The molecule has 2 N–H and O–H groups in total. The van der Waals surface area contributed by atoms with Gasteiger partial charge in [0, 0.05) is 5.69 Å². The first-order valence-corrected chi connectivity index (χ1v) is 11.2. The molecule has 0 spiro atoms. The lowest BCUT2D eigenvalue weighted by Gasteiger charge is -2.08. The van der Waals surface area contributed by atoms with Crippen molar-refractivity contribution < 1.29 is 14.3 Å². The van der Waals surface area contributed by atoms with Crippen molar-refractivity contribution in [2.24, 2.45) is 0 Å².